The van der Waals surface area contributed by atoms with Crippen LogP contribution in [0.25, 0.3) is 0 Å². The summed E-state index contributed by atoms with van der Waals surface area (Å²) in [7, 11) is 3.42. The molecule has 0 bridgehead atoms. The van der Waals surface area contributed by atoms with E-state index < -0.39 is 0 Å². The molecule has 0 aliphatic heterocycles. The Morgan fingerprint density at radius 3 is 2.81 bits per heavy atom. The SMILES string of the molecule is COCC(C)(OC)C1CC=C(C=NO)CC1. The number of rotatable bonds is 5. The minimum absolute atomic E-state index is 0.229. The molecule has 0 saturated heterocycles. The number of oxime groups is 1. The van der Waals surface area contributed by atoms with Crippen molar-refractivity contribution in [2.75, 3.05) is 20.8 Å². The van der Waals surface area contributed by atoms with Crippen LogP contribution in [0.5, 0.6) is 0 Å². The lowest BCUT2D eigenvalue weighted by Gasteiger charge is -2.37. The third-order valence-corrected chi connectivity index (χ3v) is 3.43. The second kappa shape index (κ2) is 6.01. The summed E-state index contributed by atoms with van der Waals surface area (Å²) in [5.74, 6) is 0.452. The molecule has 1 rings (SSSR count). The molecular weight excluding hydrogens is 206 g/mol. The first-order valence-electron chi connectivity index (χ1n) is 5.57. The number of methoxy groups -OCH3 is 2. The molecule has 0 fully saturated rings. The normalized spacial score (nSPS) is 25.4. The predicted octanol–water partition coefficient (Wildman–Crippen LogP) is 2.22. The first-order chi connectivity index (χ1) is 7.66. The Labute approximate surface area is 96.9 Å². The van der Waals surface area contributed by atoms with Gasteiger partial charge in [-0.2, -0.15) is 0 Å². The highest BCUT2D eigenvalue weighted by Gasteiger charge is 2.34. The van der Waals surface area contributed by atoms with E-state index in [2.05, 4.69) is 18.2 Å². The van der Waals surface area contributed by atoms with E-state index in [0.29, 0.717) is 12.5 Å². The van der Waals surface area contributed by atoms with E-state index >= 15 is 0 Å². The molecule has 0 amide bonds. The summed E-state index contributed by atoms with van der Waals surface area (Å²) in [5.41, 5.74) is 0.863. The summed E-state index contributed by atoms with van der Waals surface area (Å²) in [6.07, 6.45) is 6.52. The van der Waals surface area contributed by atoms with Gasteiger partial charge in [-0.1, -0.05) is 11.2 Å². The van der Waals surface area contributed by atoms with Gasteiger partial charge in [0.1, 0.15) is 0 Å². The molecule has 2 unspecified atom stereocenters. The third kappa shape index (κ3) is 3.06. The van der Waals surface area contributed by atoms with Crippen LogP contribution in [0.15, 0.2) is 16.8 Å². The van der Waals surface area contributed by atoms with Gasteiger partial charge in [0.2, 0.25) is 0 Å². The first kappa shape index (κ1) is 13.2. The van der Waals surface area contributed by atoms with Crippen LogP contribution in [-0.2, 0) is 9.47 Å². The molecule has 1 N–H and O–H groups in total. The number of nitrogens with zero attached hydrogens (tertiary/aromatic N) is 1. The highest BCUT2D eigenvalue weighted by molar-refractivity contribution is 5.78. The van der Waals surface area contributed by atoms with Crippen LogP contribution in [0.3, 0.4) is 0 Å². The van der Waals surface area contributed by atoms with E-state index in [1.165, 1.54) is 6.21 Å². The van der Waals surface area contributed by atoms with Crippen molar-refractivity contribution < 1.29 is 14.7 Å². The van der Waals surface area contributed by atoms with Gasteiger partial charge in [-0.15, -0.1) is 0 Å². The van der Waals surface area contributed by atoms with Crippen LogP contribution in [0, 0.1) is 5.92 Å². The molecule has 0 heterocycles. The largest absolute Gasteiger partial charge is 0.411 e. The average molecular weight is 227 g/mol. The molecule has 0 aromatic carbocycles. The van der Waals surface area contributed by atoms with Crippen molar-refractivity contribution in [3.63, 3.8) is 0 Å². The molecular formula is C12H21NO3. The molecule has 2 atom stereocenters. The molecule has 1 aliphatic rings. The molecule has 0 saturated carbocycles. The zero-order valence-corrected chi connectivity index (χ0v) is 10.3. The summed E-state index contributed by atoms with van der Waals surface area (Å²) in [4.78, 5) is 0. The van der Waals surface area contributed by atoms with Gasteiger partial charge in [-0.3, -0.25) is 0 Å². The van der Waals surface area contributed by atoms with Gasteiger partial charge in [0.25, 0.3) is 0 Å². The van der Waals surface area contributed by atoms with Crippen LogP contribution < -0.4 is 0 Å². The van der Waals surface area contributed by atoms with E-state index in [0.717, 1.165) is 24.8 Å². The standard InChI is InChI=1S/C12H21NO3/c1-12(16-3,9-15-2)11-6-4-10(5-7-11)8-13-14/h4,8,11,14H,5-7,9H2,1-3H3. The Morgan fingerprint density at radius 2 is 2.38 bits per heavy atom. The van der Waals surface area contributed by atoms with Crippen molar-refractivity contribution in [3.8, 4) is 0 Å². The van der Waals surface area contributed by atoms with Crippen LogP contribution in [0.4, 0.5) is 0 Å². The predicted molar refractivity (Wildman–Crippen MR) is 63.0 cm³/mol. The summed E-state index contributed by atoms with van der Waals surface area (Å²) in [5, 5.41) is 11.5. The van der Waals surface area contributed by atoms with E-state index in [1.807, 2.05) is 0 Å². The van der Waals surface area contributed by atoms with E-state index in [9.17, 15) is 0 Å². The maximum absolute atomic E-state index is 8.46. The fraction of sp³-hybridized carbons (Fsp3) is 0.750. The number of allylic oxidation sites excluding steroid dienone is 2. The lowest BCUT2D eigenvalue weighted by atomic mass is 9.79. The first-order valence-corrected chi connectivity index (χ1v) is 5.57. The fourth-order valence-electron chi connectivity index (χ4n) is 2.23. The maximum atomic E-state index is 8.46. The van der Waals surface area contributed by atoms with Gasteiger partial charge in [0.05, 0.1) is 18.4 Å². The van der Waals surface area contributed by atoms with Crippen molar-refractivity contribution in [1.29, 1.82) is 0 Å². The van der Waals surface area contributed by atoms with Crippen LogP contribution in [-0.4, -0.2) is 37.8 Å². The van der Waals surface area contributed by atoms with Crippen molar-refractivity contribution >= 4 is 6.21 Å². The van der Waals surface area contributed by atoms with Crippen molar-refractivity contribution in [2.24, 2.45) is 11.1 Å². The minimum atomic E-state index is -0.229. The second-order valence-corrected chi connectivity index (χ2v) is 4.44. The quantitative estimate of drug-likeness (QED) is 0.445. The Balaban J connectivity index is 2.64. The van der Waals surface area contributed by atoms with Crippen LogP contribution in [0.1, 0.15) is 26.2 Å². The zero-order chi connectivity index (χ0) is 12.0. The smallest absolute Gasteiger partial charge is 0.0913 e. The minimum Gasteiger partial charge on any atom is -0.411 e. The average Bonchev–Trinajstić information content (AvgIpc) is 2.30. The molecule has 0 spiro atoms. The second-order valence-electron chi connectivity index (χ2n) is 4.44. The van der Waals surface area contributed by atoms with Crippen molar-refractivity contribution in [2.45, 2.75) is 31.8 Å². The number of ether oxygens (including phenoxy) is 2. The lowest BCUT2D eigenvalue weighted by Crippen LogP contribution is -2.42. The van der Waals surface area contributed by atoms with Gasteiger partial charge < -0.3 is 14.7 Å². The van der Waals surface area contributed by atoms with Gasteiger partial charge in [-0.05, 0) is 37.7 Å². The molecule has 0 aromatic rings. The molecule has 0 aromatic heterocycles. The van der Waals surface area contributed by atoms with Crippen molar-refractivity contribution in [3.05, 3.63) is 11.6 Å². The van der Waals surface area contributed by atoms with E-state index in [-0.39, 0.29) is 5.60 Å². The molecule has 1 aliphatic carbocycles. The lowest BCUT2D eigenvalue weighted by molar-refractivity contribution is -0.0919. The van der Waals surface area contributed by atoms with Gasteiger partial charge >= 0.3 is 0 Å². The Kier molecular flexibility index (Phi) is 4.96. The van der Waals surface area contributed by atoms with E-state index in [4.69, 9.17) is 14.7 Å². The van der Waals surface area contributed by atoms with Gasteiger partial charge in [0.15, 0.2) is 0 Å². The molecule has 4 nitrogen and oxygen atoms in total. The zero-order valence-electron chi connectivity index (χ0n) is 10.3. The number of hydrogen-bond acceptors (Lipinski definition) is 4. The fourth-order valence-corrected chi connectivity index (χ4v) is 2.23. The Hall–Kier alpha value is -0.870. The maximum Gasteiger partial charge on any atom is 0.0913 e. The third-order valence-electron chi connectivity index (χ3n) is 3.43. The van der Waals surface area contributed by atoms with Crippen LogP contribution >= 0.6 is 0 Å². The summed E-state index contributed by atoms with van der Waals surface area (Å²) in [6, 6.07) is 0. The van der Waals surface area contributed by atoms with E-state index in [1.54, 1.807) is 14.2 Å². The molecule has 0 radical (unpaired) electrons. The Bertz CT molecular complexity index is 275. The topological polar surface area (TPSA) is 51.0 Å². The monoisotopic (exact) mass is 227 g/mol. The Morgan fingerprint density at radius 1 is 1.62 bits per heavy atom. The summed E-state index contributed by atoms with van der Waals surface area (Å²) < 4.78 is 10.8. The molecule has 16 heavy (non-hydrogen) atoms. The van der Waals surface area contributed by atoms with Gasteiger partial charge in [0, 0.05) is 14.2 Å². The molecule has 4 heteroatoms. The highest BCUT2D eigenvalue weighted by atomic mass is 16.5. The van der Waals surface area contributed by atoms with Crippen molar-refractivity contribution in [1.82, 2.24) is 0 Å². The highest BCUT2D eigenvalue weighted by Crippen LogP contribution is 2.33. The summed E-state index contributed by atoms with van der Waals surface area (Å²) >= 11 is 0. The van der Waals surface area contributed by atoms with Crippen LogP contribution in [0.2, 0.25) is 0 Å². The molecule has 92 valence electrons. The summed E-state index contributed by atoms with van der Waals surface area (Å²) in [6.45, 7) is 2.69. The van der Waals surface area contributed by atoms with Gasteiger partial charge in [-0.25, -0.2) is 0 Å². The number of hydrogen-bond donors (Lipinski definition) is 1.